The summed E-state index contributed by atoms with van der Waals surface area (Å²) in [7, 11) is 0. The van der Waals surface area contributed by atoms with Crippen LogP contribution in [0.3, 0.4) is 0 Å². The van der Waals surface area contributed by atoms with Crippen molar-refractivity contribution in [2.75, 3.05) is 11.9 Å². The van der Waals surface area contributed by atoms with Crippen LogP contribution >= 0.6 is 0 Å². The summed E-state index contributed by atoms with van der Waals surface area (Å²) in [6, 6.07) is 14.4. The highest BCUT2D eigenvalue weighted by Crippen LogP contribution is 2.15. The minimum absolute atomic E-state index is 0.524. The van der Waals surface area contributed by atoms with Crippen molar-refractivity contribution in [2.24, 2.45) is 5.10 Å². The molecule has 0 heterocycles. The Hall–Kier alpha value is -3.15. The Morgan fingerprint density at radius 3 is 2.67 bits per heavy atom. The van der Waals surface area contributed by atoms with Crippen LogP contribution in [0.1, 0.15) is 18.1 Å². The summed E-state index contributed by atoms with van der Waals surface area (Å²) in [6.45, 7) is 4.30. The number of carbonyl (C=O) groups is 2. The first-order chi connectivity index (χ1) is 11.6. The Labute approximate surface area is 140 Å². The van der Waals surface area contributed by atoms with E-state index in [1.807, 2.05) is 32.0 Å². The van der Waals surface area contributed by atoms with Gasteiger partial charge in [0, 0.05) is 11.3 Å². The fourth-order valence-corrected chi connectivity index (χ4v) is 2.00. The fourth-order valence-electron chi connectivity index (χ4n) is 2.00. The summed E-state index contributed by atoms with van der Waals surface area (Å²) in [5, 5.41) is 6.31. The largest absolute Gasteiger partial charge is 0.493 e. The van der Waals surface area contributed by atoms with E-state index in [4.69, 9.17) is 4.74 Å². The van der Waals surface area contributed by atoms with Gasteiger partial charge in [0.25, 0.3) is 0 Å². The van der Waals surface area contributed by atoms with Crippen LogP contribution in [-0.4, -0.2) is 24.6 Å². The van der Waals surface area contributed by atoms with E-state index in [0.29, 0.717) is 23.6 Å². The second kappa shape index (κ2) is 8.47. The molecule has 0 aliphatic rings. The average Bonchev–Trinajstić information content (AvgIpc) is 2.56. The number of aryl methyl sites for hydroxylation is 1. The van der Waals surface area contributed by atoms with Gasteiger partial charge in [-0.05, 0) is 43.7 Å². The molecule has 0 bridgehead atoms. The average molecular weight is 325 g/mol. The number of amides is 2. The lowest BCUT2D eigenvalue weighted by atomic mass is 10.2. The number of para-hydroxylation sites is 1. The van der Waals surface area contributed by atoms with Gasteiger partial charge in [-0.3, -0.25) is 9.59 Å². The van der Waals surface area contributed by atoms with Crippen molar-refractivity contribution in [3.05, 3.63) is 59.7 Å². The number of hydrogen-bond acceptors (Lipinski definition) is 4. The molecule has 0 aliphatic heterocycles. The molecule has 24 heavy (non-hydrogen) atoms. The number of hydrazone groups is 1. The number of anilines is 1. The second-order valence-electron chi connectivity index (χ2n) is 4.99. The molecule has 0 saturated heterocycles. The zero-order chi connectivity index (χ0) is 17.4. The molecule has 6 nitrogen and oxygen atoms in total. The van der Waals surface area contributed by atoms with Gasteiger partial charge in [-0.25, -0.2) is 5.43 Å². The Morgan fingerprint density at radius 1 is 1.12 bits per heavy atom. The molecule has 0 aromatic heterocycles. The fraction of sp³-hybridized carbons (Fsp3) is 0.167. The summed E-state index contributed by atoms with van der Waals surface area (Å²) in [4.78, 5) is 23.6. The van der Waals surface area contributed by atoms with Crippen molar-refractivity contribution in [3.63, 3.8) is 0 Å². The van der Waals surface area contributed by atoms with Crippen molar-refractivity contribution < 1.29 is 14.3 Å². The van der Waals surface area contributed by atoms with Crippen LogP contribution in [0.2, 0.25) is 0 Å². The first-order valence-corrected chi connectivity index (χ1v) is 7.53. The smallest absolute Gasteiger partial charge is 0.329 e. The van der Waals surface area contributed by atoms with E-state index in [9.17, 15) is 9.59 Å². The number of nitrogens with zero attached hydrogens (tertiary/aromatic N) is 1. The first kappa shape index (κ1) is 17.2. The van der Waals surface area contributed by atoms with E-state index in [1.165, 1.54) is 6.21 Å². The number of nitrogens with one attached hydrogen (secondary N) is 2. The minimum atomic E-state index is -0.846. The predicted molar refractivity (Wildman–Crippen MR) is 93.2 cm³/mol. The predicted octanol–water partition coefficient (Wildman–Crippen LogP) is 2.48. The van der Waals surface area contributed by atoms with Gasteiger partial charge in [0.15, 0.2) is 0 Å². The molecule has 0 fully saturated rings. The maximum atomic E-state index is 11.8. The molecule has 0 saturated carbocycles. The monoisotopic (exact) mass is 325 g/mol. The molecule has 6 heteroatoms. The third-order valence-electron chi connectivity index (χ3n) is 3.07. The summed E-state index contributed by atoms with van der Waals surface area (Å²) >= 11 is 0. The van der Waals surface area contributed by atoms with Crippen molar-refractivity contribution in [1.29, 1.82) is 0 Å². The minimum Gasteiger partial charge on any atom is -0.493 e. The second-order valence-corrected chi connectivity index (χ2v) is 4.99. The molecule has 2 N–H and O–H groups in total. The van der Waals surface area contributed by atoms with Gasteiger partial charge >= 0.3 is 11.8 Å². The highest BCUT2D eigenvalue weighted by atomic mass is 16.5. The number of carbonyl (C=O) groups excluding carboxylic acids is 2. The molecule has 0 atom stereocenters. The third-order valence-corrected chi connectivity index (χ3v) is 3.07. The van der Waals surface area contributed by atoms with Crippen LogP contribution in [0.25, 0.3) is 0 Å². The van der Waals surface area contributed by atoms with E-state index < -0.39 is 11.8 Å². The van der Waals surface area contributed by atoms with Gasteiger partial charge in [-0.15, -0.1) is 0 Å². The normalized spacial score (nSPS) is 10.4. The van der Waals surface area contributed by atoms with Crippen LogP contribution in [0, 0.1) is 6.92 Å². The SMILES string of the molecule is CCOc1ccccc1/C=N/NC(=O)C(=O)Nc1cccc(C)c1. The van der Waals surface area contributed by atoms with Crippen molar-refractivity contribution in [1.82, 2.24) is 5.43 Å². The van der Waals surface area contributed by atoms with Crippen LogP contribution in [0.4, 0.5) is 5.69 Å². The molecule has 2 amide bonds. The Morgan fingerprint density at radius 2 is 1.92 bits per heavy atom. The first-order valence-electron chi connectivity index (χ1n) is 7.53. The summed E-state index contributed by atoms with van der Waals surface area (Å²) in [5.41, 5.74) is 4.45. The molecule has 2 rings (SSSR count). The summed E-state index contributed by atoms with van der Waals surface area (Å²) in [6.07, 6.45) is 1.43. The van der Waals surface area contributed by atoms with Crippen LogP contribution in [0.15, 0.2) is 53.6 Å². The maximum Gasteiger partial charge on any atom is 0.329 e. The molecule has 0 unspecified atom stereocenters. The molecular weight excluding hydrogens is 306 g/mol. The highest BCUT2D eigenvalue weighted by molar-refractivity contribution is 6.39. The molecule has 0 radical (unpaired) electrons. The van der Waals surface area contributed by atoms with E-state index >= 15 is 0 Å². The van der Waals surface area contributed by atoms with Crippen LogP contribution < -0.4 is 15.5 Å². The quantitative estimate of drug-likeness (QED) is 0.503. The van der Waals surface area contributed by atoms with Gasteiger partial charge in [-0.2, -0.15) is 5.10 Å². The Bertz CT molecular complexity index is 757. The summed E-state index contributed by atoms with van der Waals surface area (Å²) < 4.78 is 5.45. The van der Waals surface area contributed by atoms with E-state index in [0.717, 1.165) is 5.56 Å². The zero-order valence-electron chi connectivity index (χ0n) is 13.6. The van der Waals surface area contributed by atoms with Gasteiger partial charge in [-0.1, -0.05) is 24.3 Å². The van der Waals surface area contributed by atoms with Crippen molar-refractivity contribution >= 4 is 23.7 Å². The standard InChI is InChI=1S/C18H19N3O3/c1-3-24-16-10-5-4-8-14(16)12-19-21-18(23)17(22)20-15-9-6-7-13(2)11-15/h4-12H,3H2,1-2H3,(H,20,22)(H,21,23)/b19-12+. The molecule has 0 aliphatic carbocycles. The van der Waals surface area contributed by atoms with Gasteiger partial charge in [0.1, 0.15) is 5.75 Å². The number of hydrogen-bond donors (Lipinski definition) is 2. The van der Waals surface area contributed by atoms with E-state index in [2.05, 4.69) is 15.8 Å². The molecular formula is C18H19N3O3. The third kappa shape index (κ3) is 4.95. The molecule has 124 valence electrons. The molecule has 0 spiro atoms. The van der Waals surface area contributed by atoms with Gasteiger partial charge in [0.2, 0.25) is 0 Å². The highest BCUT2D eigenvalue weighted by Gasteiger charge is 2.12. The Kier molecular flexibility index (Phi) is 6.08. The summed E-state index contributed by atoms with van der Waals surface area (Å²) in [5.74, 6) is -0.972. The van der Waals surface area contributed by atoms with Crippen LogP contribution in [0.5, 0.6) is 5.75 Å². The number of rotatable bonds is 5. The zero-order valence-corrected chi connectivity index (χ0v) is 13.6. The van der Waals surface area contributed by atoms with Crippen molar-refractivity contribution in [3.8, 4) is 5.75 Å². The lowest BCUT2D eigenvalue weighted by Crippen LogP contribution is -2.32. The van der Waals surface area contributed by atoms with Crippen LogP contribution in [-0.2, 0) is 9.59 Å². The topological polar surface area (TPSA) is 79.8 Å². The lowest BCUT2D eigenvalue weighted by Gasteiger charge is -2.06. The van der Waals surface area contributed by atoms with E-state index in [-0.39, 0.29) is 0 Å². The lowest BCUT2D eigenvalue weighted by molar-refractivity contribution is -0.136. The number of benzene rings is 2. The Balaban J connectivity index is 1.94. The molecule has 2 aromatic carbocycles. The molecule has 2 aromatic rings. The maximum absolute atomic E-state index is 11.8. The van der Waals surface area contributed by atoms with Gasteiger partial charge < -0.3 is 10.1 Å². The van der Waals surface area contributed by atoms with Gasteiger partial charge in [0.05, 0.1) is 12.8 Å². The van der Waals surface area contributed by atoms with Crippen molar-refractivity contribution in [2.45, 2.75) is 13.8 Å². The van der Waals surface area contributed by atoms with E-state index in [1.54, 1.807) is 30.3 Å². The number of ether oxygens (including phenoxy) is 1.